The summed E-state index contributed by atoms with van der Waals surface area (Å²) in [6.45, 7) is 3.92. The quantitative estimate of drug-likeness (QED) is 0.780. The van der Waals surface area contributed by atoms with Crippen molar-refractivity contribution < 1.29 is 4.74 Å². The zero-order valence-electron chi connectivity index (χ0n) is 10.1. The van der Waals surface area contributed by atoms with Crippen molar-refractivity contribution in [2.45, 2.75) is 13.8 Å². The summed E-state index contributed by atoms with van der Waals surface area (Å²) in [6.07, 6.45) is 0. The maximum atomic E-state index is 6.14. The summed E-state index contributed by atoms with van der Waals surface area (Å²) in [7, 11) is 0. The summed E-state index contributed by atoms with van der Waals surface area (Å²) < 4.78 is 6.60. The van der Waals surface area contributed by atoms with Crippen LogP contribution in [0.4, 0.5) is 5.69 Å². The molecule has 0 fully saturated rings. The van der Waals surface area contributed by atoms with Crippen LogP contribution in [-0.4, -0.2) is 0 Å². The van der Waals surface area contributed by atoms with Gasteiger partial charge in [-0.2, -0.15) is 0 Å². The van der Waals surface area contributed by atoms with Crippen molar-refractivity contribution >= 4 is 33.2 Å². The van der Waals surface area contributed by atoms with E-state index < -0.39 is 0 Å². The Morgan fingerprint density at radius 2 is 1.83 bits per heavy atom. The normalized spacial score (nSPS) is 10.4. The van der Waals surface area contributed by atoms with E-state index in [9.17, 15) is 0 Å². The number of aryl methyl sites for hydroxylation is 2. The highest BCUT2D eigenvalue weighted by Crippen LogP contribution is 2.36. The Labute approximate surface area is 120 Å². The van der Waals surface area contributed by atoms with Crippen molar-refractivity contribution in [3.8, 4) is 11.5 Å². The van der Waals surface area contributed by atoms with Gasteiger partial charge in [0.2, 0.25) is 0 Å². The third-order valence-corrected chi connectivity index (χ3v) is 3.54. The molecule has 0 atom stereocenters. The molecule has 94 valence electrons. The number of nitrogen functional groups attached to an aromatic ring is 1. The van der Waals surface area contributed by atoms with Gasteiger partial charge in [0.05, 0.1) is 9.50 Å². The van der Waals surface area contributed by atoms with Gasteiger partial charge in [0.1, 0.15) is 11.5 Å². The summed E-state index contributed by atoms with van der Waals surface area (Å²) in [4.78, 5) is 0. The topological polar surface area (TPSA) is 35.2 Å². The summed E-state index contributed by atoms with van der Waals surface area (Å²) in [5, 5.41) is 0.594. The second-order valence-electron chi connectivity index (χ2n) is 4.18. The molecule has 4 heteroatoms. The molecule has 0 aliphatic rings. The van der Waals surface area contributed by atoms with Crippen LogP contribution in [0.3, 0.4) is 0 Å². The minimum Gasteiger partial charge on any atom is -0.455 e. The summed E-state index contributed by atoms with van der Waals surface area (Å²) in [6, 6.07) is 9.40. The van der Waals surface area contributed by atoms with Crippen molar-refractivity contribution in [1.29, 1.82) is 0 Å². The average molecular weight is 327 g/mol. The Morgan fingerprint density at radius 3 is 2.50 bits per heavy atom. The van der Waals surface area contributed by atoms with E-state index >= 15 is 0 Å². The van der Waals surface area contributed by atoms with Crippen molar-refractivity contribution in [1.82, 2.24) is 0 Å². The van der Waals surface area contributed by atoms with E-state index in [1.165, 1.54) is 0 Å². The predicted molar refractivity (Wildman–Crippen MR) is 79.6 cm³/mol. The average Bonchev–Trinajstić information content (AvgIpc) is 2.29. The monoisotopic (exact) mass is 325 g/mol. The van der Waals surface area contributed by atoms with Crippen LogP contribution in [0.2, 0.25) is 5.02 Å². The second-order valence-corrected chi connectivity index (χ2v) is 5.44. The molecule has 0 heterocycles. The SMILES string of the molecule is Cc1ccc(Oc2cc(C)c(N)cc2Br)c(Cl)c1. The molecule has 18 heavy (non-hydrogen) atoms. The van der Waals surface area contributed by atoms with E-state index in [1.54, 1.807) is 0 Å². The lowest BCUT2D eigenvalue weighted by molar-refractivity contribution is 0.479. The largest absolute Gasteiger partial charge is 0.455 e. The number of hydrogen-bond acceptors (Lipinski definition) is 2. The van der Waals surface area contributed by atoms with Crippen molar-refractivity contribution in [3.05, 3.63) is 51.0 Å². The number of hydrogen-bond donors (Lipinski definition) is 1. The minimum absolute atomic E-state index is 0.594. The van der Waals surface area contributed by atoms with Crippen LogP contribution in [0.15, 0.2) is 34.8 Å². The minimum atomic E-state index is 0.594. The highest BCUT2D eigenvalue weighted by molar-refractivity contribution is 9.10. The molecule has 0 aromatic heterocycles. The molecule has 0 aliphatic carbocycles. The molecule has 0 radical (unpaired) electrons. The zero-order valence-corrected chi connectivity index (χ0v) is 12.5. The molecule has 2 N–H and O–H groups in total. The van der Waals surface area contributed by atoms with Crippen molar-refractivity contribution in [3.63, 3.8) is 0 Å². The lowest BCUT2D eigenvalue weighted by Crippen LogP contribution is -1.93. The standard InChI is InChI=1S/C14H13BrClNO/c1-8-3-4-13(11(16)5-8)18-14-6-9(2)12(17)7-10(14)15/h3-7H,17H2,1-2H3. The fraction of sp³-hybridized carbons (Fsp3) is 0.143. The fourth-order valence-electron chi connectivity index (χ4n) is 1.56. The zero-order chi connectivity index (χ0) is 13.3. The molecule has 2 aromatic carbocycles. The van der Waals surface area contributed by atoms with Gasteiger partial charge in [-0.05, 0) is 65.2 Å². The van der Waals surface area contributed by atoms with E-state index in [-0.39, 0.29) is 0 Å². The first kappa shape index (κ1) is 13.2. The highest BCUT2D eigenvalue weighted by atomic mass is 79.9. The van der Waals surface area contributed by atoms with Crippen LogP contribution in [0.1, 0.15) is 11.1 Å². The molecule has 2 rings (SSSR count). The van der Waals surface area contributed by atoms with Gasteiger partial charge < -0.3 is 10.5 Å². The number of ether oxygens (including phenoxy) is 1. The Bertz CT molecular complexity index is 599. The van der Waals surface area contributed by atoms with E-state index in [2.05, 4.69) is 15.9 Å². The van der Waals surface area contributed by atoms with Gasteiger partial charge >= 0.3 is 0 Å². The van der Waals surface area contributed by atoms with Crippen LogP contribution in [0.5, 0.6) is 11.5 Å². The molecular formula is C14H13BrClNO. The number of halogens is 2. The van der Waals surface area contributed by atoms with E-state index in [0.717, 1.165) is 21.3 Å². The maximum absolute atomic E-state index is 6.14. The van der Waals surface area contributed by atoms with Crippen LogP contribution in [0.25, 0.3) is 0 Å². The summed E-state index contributed by atoms with van der Waals surface area (Å²) in [5.74, 6) is 1.33. The molecule has 0 amide bonds. The Morgan fingerprint density at radius 1 is 1.11 bits per heavy atom. The second kappa shape index (κ2) is 5.21. The Kier molecular flexibility index (Phi) is 3.83. The van der Waals surface area contributed by atoms with Crippen LogP contribution in [-0.2, 0) is 0 Å². The van der Waals surface area contributed by atoms with Gasteiger partial charge in [-0.1, -0.05) is 17.7 Å². The van der Waals surface area contributed by atoms with Crippen molar-refractivity contribution in [2.24, 2.45) is 0 Å². The molecular weight excluding hydrogens is 314 g/mol. The molecule has 0 aliphatic heterocycles. The highest BCUT2D eigenvalue weighted by Gasteiger charge is 2.08. The smallest absolute Gasteiger partial charge is 0.146 e. The molecule has 2 aromatic rings. The van der Waals surface area contributed by atoms with Gasteiger partial charge in [0, 0.05) is 5.69 Å². The first-order chi connectivity index (χ1) is 8.47. The molecule has 0 unspecified atom stereocenters. The molecule has 0 spiro atoms. The summed E-state index contributed by atoms with van der Waals surface area (Å²) in [5.41, 5.74) is 8.61. The number of anilines is 1. The lowest BCUT2D eigenvalue weighted by Gasteiger charge is -2.11. The van der Waals surface area contributed by atoms with E-state index in [0.29, 0.717) is 16.5 Å². The first-order valence-corrected chi connectivity index (χ1v) is 6.64. The van der Waals surface area contributed by atoms with Gasteiger partial charge in [-0.25, -0.2) is 0 Å². The van der Waals surface area contributed by atoms with E-state index in [4.69, 9.17) is 22.1 Å². The van der Waals surface area contributed by atoms with Gasteiger partial charge in [-0.3, -0.25) is 0 Å². The van der Waals surface area contributed by atoms with Crippen LogP contribution in [0, 0.1) is 13.8 Å². The molecule has 2 nitrogen and oxygen atoms in total. The first-order valence-electron chi connectivity index (χ1n) is 5.47. The fourth-order valence-corrected chi connectivity index (χ4v) is 2.27. The molecule has 0 bridgehead atoms. The maximum Gasteiger partial charge on any atom is 0.146 e. The lowest BCUT2D eigenvalue weighted by atomic mass is 10.2. The Hall–Kier alpha value is -1.19. The summed E-state index contributed by atoms with van der Waals surface area (Å²) >= 11 is 9.57. The predicted octanol–water partition coefficient (Wildman–Crippen LogP) is 5.09. The number of rotatable bonds is 2. The third kappa shape index (κ3) is 2.79. The Balaban J connectivity index is 2.37. The van der Waals surface area contributed by atoms with Crippen LogP contribution >= 0.6 is 27.5 Å². The number of nitrogens with two attached hydrogens (primary N) is 1. The molecule has 0 saturated carbocycles. The van der Waals surface area contributed by atoms with Crippen molar-refractivity contribution in [2.75, 3.05) is 5.73 Å². The van der Waals surface area contributed by atoms with Crippen LogP contribution < -0.4 is 10.5 Å². The third-order valence-electron chi connectivity index (χ3n) is 2.63. The van der Waals surface area contributed by atoms with E-state index in [1.807, 2.05) is 44.2 Å². The van der Waals surface area contributed by atoms with Gasteiger partial charge in [0.15, 0.2) is 0 Å². The number of benzene rings is 2. The van der Waals surface area contributed by atoms with Gasteiger partial charge in [-0.15, -0.1) is 0 Å². The molecule has 0 saturated heterocycles. The van der Waals surface area contributed by atoms with Gasteiger partial charge in [0.25, 0.3) is 0 Å².